The van der Waals surface area contributed by atoms with Crippen molar-refractivity contribution in [3.05, 3.63) is 0 Å². The van der Waals surface area contributed by atoms with Crippen molar-refractivity contribution < 1.29 is 4.79 Å². The molecular formula is C13H26N2O. The van der Waals surface area contributed by atoms with Crippen molar-refractivity contribution in [3.8, 4) is 0 Å². The van der Waals surface area contributed by atoms with Gasteiger partial charge in [-0.25, -0.2) is 0 Å². The number of rotatable bonds is 4. The summed E-state index contributed by atoms with van der Waals surface area (Å²) < 4.78 is 0. The average molecular weight is 226 g/mol. The van der Waals surface area contributed by atoms with Gasteiger partial charge in [-0.2, -0.15) is 0 Å². The van der Waals surface area contributed by atoms with Gasteiger partial charge in [0.25, 0.3) is 0 Å². The Morgan fingerprint density at radius 3 is 2.69 bits per heavy atom. The number of amides is 1. The molecule has 3 N–H and O–H groups in total. The van der Waals surface area contributed by atoms with Crippen LogP contribution >= 0.6 is 0 Å². The van der Waals surface area contributed by atoms with E-state index in [1.54, 1.807) is 0 Å². The van der Waals surface area contributed by atoms with E-state index in [0.29, 0.717) is 12.0 Å². The van der Waals surface area contributed by atoms with Crippen LogP contribution in [0.25, 0.3) is 0 Å². The molecule has 1 aliphatic rings. The molecule has 0 aromatic carbocycles. The van der Waals surface area contributed by atoms with Gasteiger partial charge >= 0.3 is 0 Å². The molecule has 0 radical (unpaired) electrons. The first-order chi connectivity index (χ1) is 7.45. The zero-order valence-corrected chi connectivity index (χ0v) is 10.9. The Morgan fingerprint density at radius 1 is 1.44 bits per heavy atom. The van der Waals surface area contributed by atoms with Gasteiger partial charge in [0.2, 0.25) is 5.91 Å². The normalized spacial score (nSPS) is 26.5. The molecule has 1 fully saturated rings. The predicted octanol–water partition coefficient (Wildman–Crippen LogP) is 2.06. The molecule has 0 bridgehead atoms. The molecule has 0 heterocycles. The van der Waals surface area contributed by atoms with Crippen LogP contribution in [0.1, 0.15) is 52.9 Å². The van der Waals surface area contributed by atoms with Crippen molar-refractivity contribution in [3.63, 3.8) is 0 Å². The number of hydrogen-bond donors (Lipinski definition) is 2. The zero-order chi connectivity index (χ0) is 12.2. The molecule has 0 aromatic rings. The molecule has 2 unspecified atom stereocenters. The van der Waals surface area contributed by atoms with Gasteiger partial charge in [0.15, 0.2) is 0 Å². The third-order valence-electron chi connectivity index (χ3n) is 3.87. The van der Waals surface area contributed by atoms with Crippen molar-refractivity contribution in [2.24, 2.45) is 17.1 Å². The Morgan fingerprint density at radius 2 is 2.12 bits per heavy atom. The number of carbonyl (C=O) groups is 1. The standard InChI is InChI=1S/C13H26N2O/c1-4-13(2,3)12(16)15-9-10-6-5-7-11(14)8-10/h10-11H,4-9,14H2,1-3H3,(H,15,16). The van der Waals surface area contributed by atoms with E-state index in [2.05, 4.69) is 12.2 Å². The minimum atomic E-state index is -0.239. The second-order valence-electron chi connectivity index (χ2n) is 5.74. The first-order valence-electron chi connectivity index (χ1n) is 6.49. The monoisotopic (exact) mass is 226 g/mol. The molecule has 16 heavy (non-hydrogen) atoms. The molecule has 0 spiro atoms. The van der Waals surface area contributed by atoms with Gasteiger partial charge in [-0.3, -0.25) is 4.79 Å². The van der Waals surface area contributed by atoms with Gasteiger partial charge < -0.3 is 11.1 Å². The third kappa shape index (κ3) is 3.78. The van der Waals surface area contributed by atoms with Crippen LogP contribution in [0.3, 0.4) is 0 Å². The molecule has 2 atom stereocenters. The fourth-order valence-electron chi connectivity index (χ4n) is 2.15. The number of hydrogen-bond acceptors (Lipinski definition) is 2. The average Bonchev–Trinajstić information content (AvgIpc) is 2.26. The van der Waals surface area contributed by atoms with Crippen molar-refractivity contribution in [1.29, 1.82) is 0 Å². The molecule has 94 valence electrons. The van der Waals surface area contributed by atoms with E-state index >= 15 is 0 Å². The maximum atomic E-state index is 11.9. The van der Waals surface area contributed by atoms with E-state index in [9.17, 15) is 4.79 Å². The Bertz CT molecular complexity index is 238. The Hall–Kier alpha value is -0.570. The van der Waals surface area contributed by atoms with Crippen LogP contribution < -0.4 is 11.1 Å². The first kappa shape index (κ1) is 13.5. The lowest BCUT2D eigenvalue weighted by atomic mass is 9.85. The van der Waals surface area contributed by atoms with Crippen molar-refractivity contribution in [2.75, 3.05) is 6.54 Å². The Kier molecular flexibility index (Phi) is 4.78. The summed E-state index contributed by atoms with van der Waals surface area (Å²) in [5.74, 6) is 0.759. The van der Waals surface area contributed by atoms with Crippen molar-refractivity contribution in [1.82, 2.24) is 5.32 Å². The molecular weight excluding hydrogens is 200 g/mol. The van der Waals surface area contributed by atoms with E-state index < -0.39 is 0 Å². The van der Waals surface area contributed by atoms with Crippen LogP contribution in [-0.4, -0.2) is 18.5 Å². The number of nitrogens with one attached hydrogen (secondary N) is 1. The SMILES string of the molecule is CCC(C)(C)C(=O)NCC1CCCC(N)C1. The lowest BCUT2D eigenvalue weighted by Gasteiger charge is -2.28. The summed E-state index contributed by atoms with van der Waals surface area (Å²) in [6.07, 6.45) is 5.50. The highest BCUT2D eigenvalue weighted by atomic mass is 16.2. The van der Waals surface area contributed by atoms with Crippen LogP contribution in [-0.2, 0) is 4.79 Å². The van der Waals surface area contributed by atoms with E-state index in [1.807, 2.05) is 13.8 Å². The lowest BCUT2D eigenvalue weighted by molar-refractivity contribution is -0.129. The quantitative estimate of drug-likeness (QED) is 0.771. The summed E-state index contributed by atoms with van der Waals surface area (Å²) >= 11 is 0. The lowest BCUT2D eigenvalue weighted by Crippen LogP contribution is -2.41. The highest BCUT2D eigenvalue weighted by Gasteiger charge is 2.26. The van der Waals surface area contributed by atoms with Crippen LogP contribution in [0, 0.1) is 11.3 Å². The molecule has 0 saturated heterocycles. The highest BCUT2D eigenvalue weighted by molar-refractivity contribution is 5.81. The van der Waals surface area contributed by atoms with Gasteiger partial charge in [0.1, 0.15) is 0 Å². The fraction of sp³-hybridized carbons (Fsp3) is 0.923. The predicted molar refractivity (Wildman–Crippen MR) is 67.0 cm³/mol. The van der Waals surface area contributed by atoms with E-state index in [1.165, 1.54) is 12.8 Å². The largest absolute Gasteiger partial charge is 0.355 e. The molecule has 0 aliphatic heterocycles. The summed E-state index contributed by atoms with van der Waals surface area (Å²) in [6.45, 7) is 6.84. The summed E-state index contributed by atoms with van der Waals surface area (Å²) in [5, 5.41) is 3.07. The summed E-state index contributed by atoms with van der Waals surface area (Å²) in [4.78, 5) is 11.9. The highest BCUT2D eigenvalue weighted by Crippen LogP contribution is 2.23. The van der Waals surface area contributed by atoms with Gasteiger partial charge in [-0.05, 0) is 31.6 Å². The summed E-state index contributed by atoms with van der Waals surface area (Å²) in [6, 6.07) is 0.342. The van der Waals surface area contributed by atoms with E-state index in [0.717, 1.165) is 25.8 Å². The van der Waals surface area contributed by atoms with E-state index in [-0.39, 0.29) is 11.3 Å². The summed E-state index contributed by atoms with van der Waals surface area (Å²) in [7, 11) is 0. The van der Waals surface area contributed by atoms with Crippen molar-refractivity contribution in [2.45, 2.75) is 58.9 Å². The van der Waals surface area contributed by atoms with Crippen LogP contribution in [0.2, 0.25) is 0 Å². The maximum Gasteiger partial charge on any atom is 0.225 e. The second-order valence-corrected chi connectivity index (χ2v) is 5.74. The van der Waals surface area contributed by atoms with Crippen LogP contribution in [0.15, 0.2) is 0 Å². The molecule has 1 rings (SSSR count). The molecule has 1 aliphatic carbocycles. The van der Waals surface area contributed by atoms with Crippen LogP contribution in [0.5, 0.6) is 0 Å². The molecule has 0 aromatic heterocycles. The van der Waals surface area contributed by atoms with E-state index in [4.69, 9.17) is 5.73 Å². The molecule has 3 heteroatoms. The van der Waals surface area contributed by atoms with Crippen LogP contribution in [0.4, 0.5) is 0 Å². The Balaban J connectivity index is 2.31. The molecule has 1 saturated carbocycles. The Labute approximate surface area is 99.2 Å². The number of carbonyl (C=O) groups excluding carboxylic acids is 1. The molecule has 1 amide bonds. The topological polar surface area (TPSA) is 55.1 Å². The molecule has 3 nitrogen and oxygen atoms in total. The van der Waals surface area contributed by atoms with Crippen molar-refractivity contribution >= 4 is 5.91 Å². The smallest absolute Gasteiger partial charge is 0.225 e. The zero-order valence-electron chi connectivity index (χ0n) is 10.9. The minimum absolute atomic E-state index is 0.175. The first-order valence-corrected chi connectivity index (χ1v) is 6.49. The van der Waals surface area contributed by atoms with Gasteiger partial charge in [0.05, 0.1) is 0 Å². The van der Waals surface area contributed by atoms with Gasteiger partial charge in [-0.15, -0.1) is 0 Å². The second kappa shape index (κ2) is 5.67. The summed E-state index contributed by atoms with van der Waals surface area (Å²) in [5.41, 5.74) is 5.69. The maximum absolute atomic E-state index is 11.9. The minimum Gasteiger partial charge on any atom is -0.355 e. The fourth-order valence-corrected chi connectivity index (χ4v) is 2.15. The van der Waals surface area contributed by atoms with Gasteiger partial charge in [0, 0.05) is 18.0 Å². The van der Waals surface area contributed by atoms with Gasteiger partial charge in [-0.1, -0.05) is 27.2 Å². The number of nitrogens with two attached hydrogens (primary N) is 1. The third-order valence-corrected chi connectivity index (χ3v) is 3.87.